The van der Waals surface area contributed by atoms with Crippen LogP contribution in [0.4, 0.5) is 0 Å². The van der Waals surface area contributed by atoms with Crippen molar-refractivity contribution in [2.75, 3.05) is 26.2 Å². The van der Waals surface area contributed by atoms with Crippen molar-refractivity contribution in [3.05, 3.63) is 35.9 Å². The van der Waals surface area contributed by atoms with Crippen molar-refractivity contribution in [3.8, 4) is 0 Å². The van der Waals surface area contributed by atoms with Crippen LogP contribution in [0.5, 0.6) is 0 Å². The molecule has 2 heteroatoms. The zero-order valence-electron chi connectivity index (χ0n) is 9.45. The standard InChI is InChI=1S/C13H20N2/c1-2-9-15-10-8-14-13(11-15)12-6-4-3-5-7-12/h3-7,13-14H,2,8-11H2,1H3. The summed E-state index contributed by atoms with van der Waals surface area (Å²) >= 11 is 0. The molecule has 2 rings (SSSR count). The molecule has 2 nitrogen and oxygen atoms in total. The lowest BCUT2D eigenvalue weighted by Gasteiger charge is -2.33. The van der Waals surface area contributed by atoms with Gasteiger partial charge < -0.3 is 10.2 Å². The van der Waals surface area contributed by atoms with E-state index >= 15 is 0 Å². The normalized spacial score (nSPS) is 22.9. The molecule has 1 heterocycles. The molecule has 0 spiro atoms. The molecule has 0 radical (unpaired) electrons. The summed E-state index contributed by atoms with van der Waals surface area (Å²) in [4.78, 5) is 2.55. The van der Waals surface area contributed by atoms with Crippen LogP contribution in [0, 0.1) is 0 Å². The van der Waals surface area contributed by atoms with E-state index in [1.165, 1.54) is 25.1 Å². The van der Waals surface area contributed by atoms with Crippen molar-refractivity contribution < 1.29 is 0 Å². The third-order valence-electron chi connectivity index (χ3n) is 3.00. The van der Waals surface area contributed by atoms with Gasteiger partial charge in [-0.05, 0) is 18.5 Å². The van der Waals surface area contributed by atoms with Gasteiger partial charge in [0.1, 0.15) is 0 Å². The summed E-state index contributed by atoms with van der Waals surface area (Å²) in [6.07, 6.45) is 1.25. The fourth-order valence-corrected chi connectivity index (χ4v) is 2.24. The topological polar surface area (TPSA) is 15.3 Å². The first kappa shape index (κ1) is 10.7. The molecule has 0 aliphatic carbocycles. The average Bonchev–Trinajstić information content (AvgIpc) is 2.31. The van der Waals surface area contributed by atoms with Gasteiger partial charge in [-0.2, -0.15) is 0 Å². The Hall–Kier alpha value is -0.860. The van der Waals surface area contributed by atoms with Crippen LogP contribution in [0.3, 0.4) is 0 Å². The van der Waals surface area contributed by atoms with Crippen LogP contribution in [0.2, 0.25) is 0 Å². The quantitative estimate of drug-likeness (QED) is 0.810. The Morgan fingerprint density at radius 1 is 1.33 bits per heavy atom. The highest BCUT2D eigenvalue weighted by Crippen LogP contribution is 2.16. The fraction of sp³-hybridized carbons (Fsp3) is 0.538. The minimum atomic E-state index is 0.520. The third kappa shape index (κ3) is 2.80. The fourth-order valence-electron chi connectivity index (χ4n) is 2.24. The number of nitrogens with one attached hydrogen (secondary N) is 1. The molecule has 0 saturated carbocycles. The lowest BCUT2D eigenvalue weighted by Crippen LogP contribution is -2.45. The van der Waals surface area contributed by atoms with Crippen molar-refractivity contribution in [1.29, 1.82) is 0 Å². The minimum absolute atomic E-state index is 0.520. The van der Waals surface area contributed by atoms with Gasteiger partial charge in [0.15, 0.2) is 0 Å². The van der Waals surface area contributed by atoms with E-state index in [2.05, 4.69) is 47.5 Å². The lowest BCUT2D eigenvalue weighted by atomic mass is 10.0. The lowest BCUT2D eigenvalue weighted by molar-refractivity contribution is 0.201. The Kier molecular flexibility index (Phi) is 3.75. The Balaban J connectivity index is 1.98. The number of benzene rings is 1. The van der Waals surface area contributed by atoms with E-state index in [1.54, 1.807) is 0 Å². The predicted octanol–water partition coefficient (Wildman–Crippen LogP) is 2.04. The zero-order valence-corrected chi connectivity index (χ0v) is 9.45. The molecular weight excluding hydrogens is 184 g/mol. The van der Waals surface area contributed by atoms with Gasteiger partial charge in [0.25, 0.3) is 0 Å². The first-order chi connectivity index (χ1) is 7.40. The maximum atomic E-state index is 3.58. The molecule has 1 unspecified atom stereocenters. The first-order valence-corrected chi connectivity index (χ1v) is 5.91. The largest absolute Gasteiger partial charge is 0.308 e. The number of piperazine rings is 1. The molecule has 0 amide bonds. The summed E-state index contributed by atoms with van der Waals surface area (Å²) < 4.78 is 0. The summed E-state index contributed by atoms with van der Waals surface area (Å²) in [7, 11) is 0. The molecule has 1 atom stereocenters. The van der Waals surface area contributed by atoms with Crippen LogP contribution >= 0.6 is 0 Å². The van der Waals surface area contributed by atoms with Crippen molar-refractivity contribution in [3.63, 3.8) is 0 Å². The van der Waals surface area contributed by atoms with Gasteiger partial charge in [-0.3, -0.25) is 0 Å². The van der Waals surface area contributed by atoms with E-state index in [0.29, 0.717) is 6.04 Å². The van der Waals surface area contributed by atoms with Crippen molar-refractivity contribution in [2.45, 2.75) is 19.4 Å². The Morgan fingerprint density at radius 3 is 2.87 bits per heavy atom. The maximum absolute atomic E-state index is 3.58. The van der Waals surface area contributed by atoms with Crippen LogP contribution in [-0.4, -0.2) is 31.1 Å². The van der Waals surface area contributed by atoms with Gasteiger partial charge in [-0.1, -0.05) is 37.3 Å². The van der Waals surface area contributed by atoms with Crippen molar-refractivity contribution in [2.24, 2.45) is 0 Å². The molecule has 1 aromatic carbocycles. The number of hydrogen-bond donors (Lipinski definition) is 1. The maximum Gasteiger partial charge on any atom is 0.0449 e. The number of rotatable bonds is 3. The highest BCUT2D eigenvalue weighted by molar-refractivity contribution is 5.19. The second kappa shape index (κ2) is 5.29. The molecule has 1 N–H and O–H groups in total. The van der Waals surface area contributed by atoms with E-state index in [-0.39, 0.29) is 0 Å². The van der Waals surface area contributed by atoms with Crippen molar-refractivity contribution in [1.82, 2.24) is 10.2 Å². The molecule has 1 aliphatic rings. The summed E-state index contributed by atoms with van der Waals surface area (Å²) in [6.45, 7) is 6.93. The van der Waals surface area contributed by atoms with Gasteiger partial charge in [0.2, 0.25) is 0 Å². The molecule has 0 aromatic heterocycles. The van der Waals surface area contributed by atoms with Gasteiger partial charge in [0.05, 0.1) is 0 Å². The number of nitrogens with zero attached hydrogens (tertiary/aromatic N) is 1. The summed E-state index contributed by atoms with van der Waals surface area (Å²) in [5.74, 6) is 0. The third-order valence-corrected chi connectivity index (χ3v) is 3.00. The smallest absolute Gasteiger partial charge is 0.0449 e. The van der Waals surface area contributed by atoms with E-state index in [1.807, 2.05) is 0 Å². The SMILES string of the molecule is CCCN1CCNC(c2ccccc2)C1. The summed E-state index contributed by atoms with van der Waals surface area (Å²) in [6, 6.07) is 11.3. The highest BCUT2D eigenvalue weighted by Gasteiger charge is 2.19. The van der Waals surface area contributed by atoms with Crippen LogP contribution in [-0.2, 0) is 0 Å². The predicted molar refractivity (Wildman–Crippen MR) is 63.9 cm³/mol. The van der Waals surface area contributed by atoms with E-state index in [4.69, 9.17) is 0 Å². The molecule has 1 aliphatic heterocycles. The molecule has 15 heavy (non-hydrogen) atoms. The van der Waals surface area contributed by atoms with Gasteiger partial charge in [0, 0.05) is 25.7 Å². The average molecular weight is 204 g/mol. The molecule has 1 fully saturated rings. The Morgan fingerprint density at radius 2 is 2.13 bits per heavy atom. The van der Waals surface area contributed by atoms with E-state index < -0.39 is 0 Å². The van der Waals surface area contributed by atoms with Crippen LogP contribution in [0.1, 0.15) is 24.9 Å². The second-order valence-corrected chi connectivity index (χ2v) is 4.22. The van der Waals surface area contributed by atoms with Crippen LogP contribution in [0.15, 0.2) is 30.3 Å². The van der Waals surface area contributed by atoms with E-state index in [9.17, 15) is 0 Å². The molecule has 0 bridgehead atoms. The molecule has 82 valence electrons. The monoisotopic (exact) mass is 204 g/mol. The first-order valence-electron chi connectivity index (χ1n) is 5.91. The summed E-state index contributed by atoms with van der Waals surface area (Å²) in [5.41, 5.74) is 1.42. The highest BCUT2D eigenvalue weighted by atomic mass is 15.2. The van der Waals surface area contributed by atoms with Crippen LogP contribution in [0.25, 0.3) is 0 Å². The molecule has 1 aromatic rings. The number of hydrogen-bond acceptors (Lipinski definition) is 2. The van der Waals surface area contributed by atoms with Crippen molar-refractivity contribution >= 4 is 0 Å². The zero-order chi connectivity index (χ0) is 10.5. The van der Waals surface area contributed by atoms with Crippen LogP contribution < -0.4 is 5.32 Å². The van der Waals surface area contributed by atoms with Gasteiger partial charge in [-0.15, -0.1) is 0 Å². The van der Waals surface area contributed by atoms with Gasteiger partial charge >= 0.3 is 0 Å². The Labute approximate surface area is 92.3 Å². The molecule has 1 saturated heterocycles. The minimum Gasteiger partial charge on any atom is -0.308 e. The van der Waals surface area contributed by atoms with Gasteiger partial charge in [-0.25, -0.2) is 0 Å². The summed E-state index contributed by atoms with van der Waals surface area (Å²) in [5, 5.41) is 3.58. The van der Waals surface area contributed by atoms with E-state index in [0.717, 1.165) is 13.1 Å². The second-order valence-electron chi connectivity index (χ2n) is 4.22. The Bertz CT molecular complexity index is 282. The molecular formula is C13H20N2.